The Balaban J connectivity index is 1.84. The number of fused-ring (bicyclic) bond motifs is 1. The summed E-state index contributed by atoms with van der Waals surface area (Å²) in [5.74, 6) is -0.171. The second-order valence-corrected chi connectivity index (χ2v) is 4.89. The van der Waals surface area contributed by atoms with Gasteiger partial charge in [0.05, 0.1) is 12.2 Å². The Morgan fingerprint density at radius 2 is 2.33 bits per heavy atom. The largest absolute Gasteiger partial charge is 0.488 e. The zero-order valence-corrected chi connectivity index (χ0v) is 11.7. The molecule has 0 unspecified atom stereocenters. The normalized spacial score (nSPS) is 20.0. The molecule has 7 heteroatoms. The highest BCUT2D eigenvalue weighted by molar-refractivity contribution is 5.92. The molecule has 110 valence electrons. The van der Waals surface area contributed by atoms with Gasteiger partial charge in [0.15, 0.2) is 0 Å². The number of aryl methyl sites for hydroxylation is 1. The van der Waals surface area contributed by atoms with Gasteiger partial charge in [0.1, 0.15) is 23.4 Å². The summed E-state index contributed by atoms with van der Waals surface area (Å²) in [5, 5.41) is 10.5. The average Bonchev–Trinajstić information content (AvgIpc) is 3.03. The highest BCUT2D eigenvalue weighted by Gasteiger charge is 2.33. The molecule has 21 heavy (non-hydrogen) atoms. The van der Waals surface area contributed by atoms with Gasteiger partial charge < -0.3 is 10.1 Å². The molecule has 0 saturated heterocycles. The zero-order chi connectivity index (χ0) is 15.0. The molecule has 1 aromatic heterocycles. The molecule has 0 saturated carbocycles. The van der Waals surface area contributed by atoms with E-state index in [-0.39, 0.29) is 23.9 Å². The van der Waals surface area contributed by atoms with Gasteiger partial charge in [0, 0.05) is 18.2 Å². The Morgan fingerprint density at radius 3 is 3.10 bits per heavy atom. The minimum atomic E-state index is -0.360. The third kappa shape index (κ3) is 2.35. The predicted molar refractivity (Wildman–Crippen MR) is 72.4 cm³/mol. The molecule has 0 radical (unpaired) electrons. The van der Waals surface area contributed by atoms with Gasteiger partial charge >= 0.3 is 0 Å². The van der Waals surface area contributed by atoms with Crippen molar-refractivity contribution in [1.29, 1.82) is 0 Å². The summed E-state index contributed by atoms with van der Waals surface area (Å²) in [6.45, 7) is 4.27. The number of amides is 1. The first-order valence-electron chi connectivity index (χ1n) is 6.75. The first-order chi connectivity index (χ1) is 10.1. The summed E-state index contributed by atoms with van der Waals surface area (Å²) >= 11 is 0. The van der Waals surface area contributed by atoms with Gasteiger partial charge in [-0.1, -0.05) is 11.3 Å². The number of ether oxygens (including phenoxy) is 1. The van der Waals surface area contributed by atoms with E-state index in [9.17, 15) is 9.18 Å². The second-order valence-electron chi connectivity index (χ2n) is 4.89. The van der Waals surface area contributed by atoms with Crippen molar-refractivity contribution in [2.24, 2.45) is 0 Å². The van der Waals surface area contributed by atoms with Gasteiger partial charge in [0.2, 0.25) is 0 Å². The van der Waals surface area contributed by atoms with Crippen molar-refractivity contribution in [2.75, 3.05) is 0 Å². The van der Waals surface area contributed by atoms with E-state index in [4.69, 9.17) is 4.74 Å². The number of carbonyl (C=O) groups excluding carboxylic acids is 1. The fourth-order valence-corrected chi connectivity index (χ4v) is 2.47. The van der Waals surface area contributed by atoms with E-state index in [0.29, 0.717) is 18.0 Å². The first-order valence-corrected chi connectivity index (χ1v) is 6.75. The molecule has 2 atom stereocenters. The number of halogens is 1. The Bertz CT molecular complexity index is 685. The molecule has 0 fully saturated rings. The van der Waals surface area contributed by atoms with E-state index < -0.39 is 0 Å². The van der Waals surface area contributed by atoms with Crippen molar-refractivity contribution < 1.29 is 13.9 Å². The van der Waals surface area contributed by atoms with E-state index in [1.54, 1.807) is 6.07 Å². The zero-order valence-electron chi connectivity index (χ0n) is 11.7. The van der Waals surface area contributed by atoms with Crippen LogP contribution in [0.1, 0.15) is 35.9 Å². The summed E-state index contributed by atoms with van der Waals surface area (Å²) in [6, 6.07) is 4.00. The van der Waals surface area contributed by atoms with E-state index in [0.717, 1.165) is 5.56 Å². The molecule has 1 amide bonds. The maximum absolute atomic E-state index is 13.2. The lowest BCUT2D eigenvalue weighted by atomic mass is 10.0. The lowest BCUT2D eigenvalue weighted by molar-refractivity contribution is 0.0897. The van der Waals surface area contributed by atoms with Gasteiger partial charge in [0.25, 0.3) is 5.91 Å². The van der Waals surface area contributed by atoms with Crippen LogP contribution in [0.5, 0.6) is 5.75 Å². The van der Waals surface area contributed by atoms with Crippen LogP contribution in [0, 0.1) is 5.82 Å². The second kappa shape index (κ2) is 5.16. The summed E-state index contributed by atoms with van der Waals surface area (Å²) in [4.78, 5) is 12.3. The van der Waals surface area contributed by atoms with E-state index in [1.165, 1.54) is 23.0 Å². The third-order valence-electron chi connectivity index (χ3n) is 3.53. The Hall–Kier alpha value is -2.44. The summed E-state index contributed by atoms with van der Waals surface area (Å²) < 4.78 is 20.3. The molecule has 6 nitrogen and oxygen atoms in total. The number of benzene rings is 1. The number of hydrogen-bond acceptors (Lipinski definition) is 4. The van der Waals surface area contributed by atoms with Crippen LogP contribution in [0.25, 0.3) is 0 Å². The fraction of sp³-hybridized carbons (Fsp3) is 0.357. The highest BCUT2D eigenvalue weighted by Crippen LogP contribution is 2.36. The number of hydrogen-bond donors (Lipinski definition) is 1. The van der Waals surface area contributed by atoms with Crippen molar-refractivity contribution in [1.82, 2.24) is 20.3 Å². The van der Waals surface area contributed by atoms with Crippen molar-refractivity contribution in [2.45, 2.75) is 32.5 Å². The van der Waals surface area contributed by atoms with E-state index >= 15 is 0 Å². The number of nitrogens with one attached hydrogen (secondary N) is 1. The molecule has 0 aliphatic carbocycles. The minimum absolute atomic E-state index is 0.267. The van der Waals surface area contributed by atoms with Gasteiger partial charge in [-0.3, -0.25) is 4.79 Å². The molecule has 1 aliphatic rings. The molecule has 2 aromatic rings. The van der Waals surface area contributed by atoms with Crippen molar-refractivity contribution in [3.8, 4) is 5.75 Å². The molecular formula is C14H15FN4O2. The van der Waals surface area contributed by atoms with Gasteiger partial charge in [-0.2, -0.15) is 0 Å². The first kappa shape index (κ1) is 13.5. The quantitative estimate of drug-likeness (QED) is 0.934. The molecular weight excluding hydrogens is 275 g/mol. The summed E-state index contributed by atoms with van der Waals surface area (Å²) in [5.41, 5.74) is 1.16. The van der Waals surface area contributed by atoms with Crippen LogP contribution in [0.4, 0.5) is 4.39 Å². The molecule has 2 heterocycles. The maximum atomic E-state index is 13.2. The predicted octanol–water partition coefficient (Wildman–Crippen LogP) is 1.69. The van der Waals surface area contributed by atoms with Crippen LogP contribution in [0.15, 0.2) is 24.4 Å². The summed E-state index contributed by atoms with van der Waals surface area (Å²) in [7, 11) is 0. The molecule has 1 N–H and O–H groups in total. The topological polar surface area (TPSA) is 69.0 Å². The molecule has 3 rings (SSSR count). The minimum Gasteiger partial charge on any atom is -0.488 e. The average molecular weight is 290 g/mol. The molecule has 1 aromatic carbocycles. The molecule has 0 bridgehead atoms. The number of rotatable bonds is 3. The number of nitrogens with zero attached hydrogens (tertiary/aromatic N) is 3. The Morgan fingerprint density at radius 1 is 1.52 bits per heavy atom. The maximum Gasteiger partial charge on any atom is 0.271 e. The molecule has 1 aliphatic heterocycles. The Kier molecular flexibility index (Phi) is 3.32. The lowest BCUT2D eigenvalue weighted by Gasteiger charge is -2.16. The van der Waals surface area contributed by atoms with Gasteiger partial charge in [-0.25, -0.2) is 9.07 Å². The third-order valence-corrected chi connectivity index (χ3v) is 3.53. The van der Waals surface area contributed by atoms with Crippen LogP contribution in [-0.2, 0) is 6.54 Å². The number of aromatic nitrogens is 3. The van der Waals surface area contributed by atoms with Crippen LogP contribution in [-0.4, -0.2) is 27.0 Å². The van der Waals surface area contributed by atoms with Crippen molar-refractivity contribution >= 4 is 5.91 Å². The fourth-order valence-electron chi connectivity index (χ4n) is 2.47. The number of carbonyl (C=O) groups is 1. The molecule has 0 spiro atoms. The van der Waals surface area contributed by atoms with Gasteiger partial charge in [-0.05, 0) is 19.9 Å². The lowest BCUT2D eigenvalue weighted by Crippen LogP contribution is -2.35. The van der Waals surface area contributed by atoms with Crippen LogP contribution in [0.3, 0.4) is 0 Å². The van der Waals surface area contributed by atoms with E-state index in [2.05, 4.69) is 15.6 Å². The Labute approximate surface area is 120 Å². The van der Waals surface area contributed by atoms with Crippen LogP contribution < -0.4 is 10.1 Å². The summed E-state index contributed by atoms with van der Waals surface area (Å²) in [6.07, 6.45) is 1.15. The van der Waals surface area contributed by atoms with Crippen LogP contribution in [0.2, 0.25) is 0 Å². The SMILES string of the molecule is CCn1nncc1C(=O)N[C@@H]1c2ccc(F)cc2O[C@@H]1C. The van der Waals surface area contributed by atoms with Gasteiger partial charge in [-0.15, -0.1) is 5.10 Å². The smallest absolute Gasteiger partial charge is 0.271 e. The standard InChI is InChI=1S/C14H15FN4O2/c1-3-19-11(7-16-18-19)14(20)17-13-8(2)21-12-6-9(15)4-5-10(12)13/h4-8,13H,3H2,1-2H3,(H,17,20)/t8-,13+/m1/s1. The van der Waals surface area contributed by atoms with Crippen molar-refractivity contribution in [3.05, 3.63) is 41.5 Å². The van der Waals surface area contributed by atoms with Crippen molar-refractivity contribution in [3.63, 3.8) is 0 Å². The monoisotopic (exact) mass is 290 g/mol. The van der Waals surface area contributed by atoms with Crippen LogP contribution >= 0.6 is 0 Å². The van der Waals surface area contributed by atoms with E-state index in [1.807, 2.05) is 13.8 Å². The highest BCUT2D eigenvalue weighted by atomic mass is 19.1.